The van der Waals surface area contributed by atoms with Crippen molar-refractivity contribution in [2.45, 2.75) is 45.3 Å². The largest absolute Gasteiger partial charge is 0.416 e. The number of alkyl halides is 3. The van der Waals surface area contributed by atoms with E-state index in [2.05, 4.69) is 10.3 Å². The summed E-state index contributed by atoms with van der Waals surface area (Å²) in [6, 6.07) is 3.44. The maximum atomic E-state index is 13.3. The highest BCUT2D eigenvalue weighted by atomic mass is 32.1. The van der Waals surface area contributed by atoms with Crippen LogP contribution in [0.2, 0.25) is 0 Å². The molecule has 2 aromatic heterocycles. The minimum atomic E-state index is -4.52. The van der Waals surface area contributed by atoms with E-state index in [4.69, 9.17) is 0 Å². The van der Waals surface area contributed by atoms with E-state index in [1.807, 2.05) is 4.90 Å². The highest BCUT2D eigenvalue weighted by Gasteiger charge is 2.32. The van der Waals surface area contributed by atoms with E-state index in [1.54, 1.807) is 11.5 Å². The number of hydrogen-bond acceptors (Lipinski definition) is 5. The molecule has 168 valence electrons. The smallest absolute Gasteiger partial charge is 0.370 e. The number of fused-ring (bicyclic) bond motifs is 2. The molecule has 0 radical (unpaired) electrons. The molecule has 32 heavy (non-hydrogen) atoms. The van der Waals surface area contributed by atoms with Crippen molar-refractivity contribution in [2.75, 3.05) is 23.3 Å². The third-order valence-corrected chi connectivity index (χ3v) is 7.32. The zero-order valence-electron chi connectivity index (χ0n) is 17.4. The first-order valence-electron chi connectivity index (χ1n) is 10.5. The van der Waals surface area contributed by atoms with Gasteiger partial charge in [-0.25, -0.2) is 4.98 Å². The van der Waals surface area contributed by atoms with Gasteiger partial charge >= 0.3 is 6.18 Å². The summed E-state index contributed by atoms with van der Waals surface area (Å²) >= 11 is 1.11. The Morgan fingerprint density at radius 3 is 2.62 bits per heavy atom. The Morgan fingerprint density at radius 1 is 1.16 bits per heavy atom. The molecule has 1 saturated heterocycles. The number of amides is 1. The summed E-state index contributed by atoms with van der Waals surface area (Å²) < 4.78 is 41.6. The lowest BCUT2D eigenvalue weighted by molar-refractivity contribution is -0.137. The highest BCUT2D eigenvalue weighted by Crippen LogP contribution is 2.37. The average molecular weight is 462 g/mol. The molecule has 2 aliphatic rings. The van der Waals surface area contributed by atoms with Crippen LogP contribution in [0.5, 0.6) is 0 Å². The molecular formula is C22H21F3N4O2S. The Morgan fingerprint density at radius 2 is 1.91 bits per heavy atom. The molecule has 0 aliphatic carbocycles. The van der Waals surface area contributed by atoms with Gasteiger partial charge in [0, 0.05) is 26.1 Å². The summed E-state index contributed by atoms with van der Waals surface area (Å²) in [5.41, 5.74) is 0.222. The van der Waals surface area contributed by atoms with Gasteiger partial charge < -0.3 is 10.2 Å². The van der Waals surface area contributed by atoms with Crippen LogP contribution in [0.1, 0.15) is 45.9 Å². The third-order valence-electron chi connectivity index (χ3n) is 6.14. The quantitative estimate of drug-likeness (QED) is 0.619. The van der Waals surface area contributed by atoms with Crippen LogP contribution in [0, 0.1) is 6.92 Å². The molecule has 1 fully saturated rings. The molecular weight excluding hydrogens is 441 g/mol. The van der Waals surface area contributed by atoms with Crippen molar-refractivity contribution < 1.29 is 18.0 Å². The number of carbonyl (C=O) groups excluding carboxylic acids is 1. The lowest BCUT2D eigenvalue weighted by Crippen LogP contribution is -2.22. The fraction of sp³-hybridized carbons (Fsp3) is 0.409. The molecule has 2 aliphatic heterocycles. The Labute approximate surface area is 185 Å². The molecule has 5 rings (SSSR count). The minimum Gasteiger partial charge on any atom is -0.370 e. The monoisotopic (exact) mass is 462 g/mol. The normalized spacial score (nSPS) is 16.1. The predicted octanol–water partition coefficient (Wildman–Crippen LogP) is 4.58. The number of halogens is 3. The Bertz CT molecular complexity index is 1290. The topological polar surface area (TPSA) is 67.2 Å². The Kier molecular flexibility index (Phi) is 4.99. The maximum absolute atomic E-state index is 13.3. The molecule has 1 amide bonds. The highest BCUT2D eigenvalue weighted by molar-refractivity contribution is 7.20. The zero-order chi connectivity index (χ0) is 22.6. The zero-order valence-corrected chi connectivity index (χ0v) is 18.2. The van der Waals surface area contributed by atoms with E-state index in [0.717, 1.165) is 55.8 Å². The molecule has 0 bridgehead atoms. The molecule has 6 nitrogen and oxygen atoms in total. The lowest BCUT2D eigenvalue weighted by atomic mass is 10.1. The number of nitrogens with one attached hydrogen (secondary N) is 1. The van der Waals surface area contributed by atoms with Crippen LogP contribution in [0.15, 0.2) is 23.0 Å². The van der Waals surface area contributed by atoms with Crippen molar-refractivity contribution in [3.63, 3.8) is 0 Å². The van der Waals surface area contributed by atoms with Gasteiger partial charge in [-0.2, -0.15) is 13.2 Å². The summed E-state index contributed by atoms with van der Waals surface area (Å²) in [7, 11) is 0. The summed E-state index contributed by atoms with van der Waals surface area (Å²) in [4.78, 5) is 33.4. The van der Waals surface area contributed by atoms with Gasteiger partial charge in [0.1, 0.15) is 10.7 Å². The van der Waals surface area contributed by atoms with E-state index < -0.39 is 17.6 Å². The molecule has 1 N–H and O–H groups in total. The van der Waals surface area contributed by atoms with E-state index in [0.29, 0.717) is 45.1 Å². The van der Waals surface area contributed by atoms with Crippen LogP contribution in [0.25, 0.3) is 10.2 Å². The number of nitrogens with zero attached hydrogens (tertiary/aromatic N) is 3. The third kappa shape index (κ3) is 3.46. The molecule has 0 spiro atoms. The van der Waals surface area contributed by atoms with Crippen molar-refractivity contribution in [3.8, 4) is 0 Å². The Balaban J connectivity index is 1.55. The number of hydrogen-bond donors (Lipinski definition) is 1. The van der Waals surface area contributed by atoms with Crippen LogP contribution < -0.4 is 15.8 Å². The van der Waals surface area contributed by atoms with Gasteiger partial charge in [-0.3, -0.25) is 14.2 Å². The predicted molar refractivity (Wildman–Crippen MR) is 118 cm³/mol. The molecule has 3 aromatic rings. The second kappa shape index (κ2) is 7.61. The van der Waals surface area contributed by atoms with Gasteiger partial charge in [0.2, 0.25) is 0 Å². The first-order valence-corrected chi connectivity index (χ1v) is 11.4. The maximum Gasteiger partial charge on any atom is 0.416 e. The van der Waals surface area contributed by atoms with Gasteiger partial charge in [-0.1, -0.05) is 0 Å². The number of benzene rings is 1. The SMILES string of the molecule is Cc1c(C(=O)Nc2cc(C(F)(F)F)ccc2N2CCCC2)sc2nc3n(c(=O)c12)CCC3. The fourth-order valence-electron chi connectivity index (χ4n) is 4.52. The van der Waals surface area contributed by atoms with Crippen LogP contribution in [-0.2, 0) is 19.1 Å². The first-order chi connectivity index (χ1) is 15.2. The summed E-state index contributed by atoms with van der Waals surface area (Å²) in [5, 5.41) is 3.10. The van der Waals surface area contributed by atoms with E-state index in [1.165, 1.54) is 6.07 Å². The summed E-state index contributed by atoms with van der Waals surface area (Å²) in [5.74, 6) is 0.180. The van der Waals surface area contributed by atoms with E-state index in [9.17, 15) is 22.8 Å². The number of aryl methyl sites for hydroxylation is 2. The number of thiophene rings is 1. The van der Waals surface area contributed by atoms with Crippen LogP contribution >= 0.6 is 11.3 Å². The van der Waals surface area contributed by atoms with Gasteiger partial charge in [-0.15, -0.1) is 11.3 Å². The average Bonchev–Trinajstić information content (AvgIpc) is 3.48. The van der Waals surface area contributed by atoms with Crippen molar-refractivity contribution >= 4 is 38.8 Å². The molecule has 0 atom stereocenters. The van der Waals surface area contributed by atoms with Gasteiger partial charge in [0.05, 0.1) is 27.2 Å². The van der Waals surface area contributed by atoms with E-state index in [-0.39, 0.29) is 11.2 Å². The minimum absolute atomic E-state index is 0.121. The molecule has 0 unspecified atom stereocenters. The Hall–Kier alpha value is -2.88. The van der Waals surface area contributed by atoms with Crippen molar-refractivity contribution in [3.05, 3.63) is 50.4 Å². The lowest BCUT2D eigenvalue weighted by Gasteiger charge is -2.23. The van der Waals surface area contributed by atoms with Crippen LogP contribution in [0.3, 0.4) is 0 Å². The molecule has 1 aromatic carbocycles. The molecule has 0 saturated carbocycles. The summed E-state index contributed by atoms with van der Waals surface area (Å²) in [6.45, 7) is 3.74. The van der Waals surface area contributed by atoms with Crippen molar-refractivity contribution in [2.24, 2.45) is 0 Å². The van der Waals surface area contributed by atoms with E-state index >= 15 is 0 Å². The fourth-order valence-corrected chi connectivity index (χ4v) is 5.60. The van der Waals surface area contributed by atoms with Crippen molar-refractivity contribution in [1.29, 1.82) is 0 Å². The second-order valence-electron chi connectivity index (χ2n) is 8.20. The summed E-state index contributed by atoms with van der Waals surface area (Å²) in [6.07, 6.45) is -1.04. The number of carbonyl (C=O) groups is 1. The van der Waals surface area contributed by atoms with Gasteiger partial charge in [0.15, 0.2) is 0 Å². The van der Waals surface area contributed by atoms with Crippen LogP contribution in [-0.4, -0.2) is 28.5 Å². The number of aromatic nitrogens is 2. The second-order valence-corrected chi connectivity index (χ2v) is 9.20. The first kappa shape index (κ1) is 21.0. The number of rotatable bonds is 3. The van der Waals surface area contributed by atoms with Crippen LogP contribution in [0.4, 0.5) is 24.5 Å². The van der Waals surface area contributed by atoms with Crippen molar-refractivity contribution in [1.82, 2.24) is 9.55 Å². The van der Waals surface area contributed by atoms with Gasteiger partial charge in [0.25, 0.3) is 11.5 Å². The van der Waals surface area contributed by atoms with Gasteiger partial charge in [-0.05, 0) is 49.9 Å². The number of anilines is 2. The standard InChI is InChI=1S/C22H21F3N4O2S/c1-12-17-20(27-16-5-4-10-29(16)21(17)31)32-18(12)19(30)26-14-11-13(22(23,24)25)6-7-15(14)28-8-2-3-9-28/h6-7,11H,2-5,8-10H2,1H3,(H,26,30). The molecule has 4 heterocycles. The molecule has 10 heteroatoms.